The lowest BCUT2D eigenvalue weighted by molar-refractivity contribution is 0.234. The van der Waals surface area contributed by atoms with Crippen molar-refractivity contribution in [2.75, 3.05) is 0 Å². The highest BCUT2D eigenvalue weighted by atomic mass is 32.2. The van der Waals surface area contributed by atoms with E-state index in [-0.39, 0.29) is 6.61 Å². The number of hydrogen-bond acceptors (Lipinski definition) is 5. The number of hydrogen-bond donors (Lipinski definition) is 0. The van der Waals surface area contributed by atoms with E-state index in [0.29, 0.717) is 16.9 Å². The van der Waals surface area contributed by atoms with E-state index >= 15 is 0 Å². The van der Waals surface area contributed by atoms with E-state index in [1.54, 1.807) is 12.1 Å². The number of alkyl halides is 2. The van der Waals surface area contributed by atoms with Gasteiger partial charge in [-0.1, -0.05) is 25.5 Å². The van der Waals surface area contributed by atoms with Crippen molar-refractivity contribution in [1.82, 2.24) is 0 Å². The Hall–Kier alpha value is -2.74. The Morgan fingerprint density at radius 3 is 2.43 bits per heavy atom. The van der Waals surface area contributed by atoms with Crippen molar-refractivity contribution in [1.29, 1.82) is 0 Å². The quantitative estimate of drug-likeness (QED) is 0.545. The minimum atomic E-state index is -4.61. The van der Waals surface area contributed by atoms with E-state index in [1.165, 1.54) is 18.2 Å². The molecule has 148 valence electrons. The summed E-state index contributed by atoms with van der Waals surface area (Å²) in [6.45, 7) is 2.12. The van der Waals surface area contributed by atoms with E-state index in [4.69, 9.17) is 9.15 Å². The standard InChI is InChI=1S/C20H18F2O5S/c1-2-3-14-10-19(23)27-18-11-15(6-9-17(14)18)26-12-13-4-7-16(8-5-13)28(24,25)20(21)22/h4-11,20H,2-3,12H2,1H3. The van der Waals surface area contributed by atoms with Gasteiger partial charge in [-0.15, -0.1) is 0 Å². The predicted molar refractivity (Wildman–Crippen MR) is 100 cm³/mol. The molecule has 0 spiro atoms. The van der Waals surface area contributed by atoms with E-state index < -0.39 is 26.1 Å². The highest BCUT2D eigenvalue weighted by molar-refractivity contribution is 7.91. The zero-order valence-electron chi connectivity index (χ0n) is 15.0. The van der Waals surface area contributed by atoms with Gasteiger partial charge in [0.2, 0.25) is 9.84 Å². The molecule has 0 aliphatic carbocycles. The van der Waals surface area contributed by atoms with Crippen LogP contribution in [0.25, 0.3) is 11.0 Å². The minimum absolute atomic E-state index is 0.0966. The maximum absolute atomic E-state index is 12.6. The first-order valence-corrected chi connectivity index (χ1v) is 10.2. The molecule has 0 N–H and O–H groups in total. The van der Waals surface area contributed by atoms with Crippen molar-refractivity contribution in [3.8, 4) is 5.75 Å². The Morgan fingerprint density at radius 1 is 1.07 bits per heavy atom. The van der Waals surface area contributed by atoms with E-state index in [2.05, 4.69) is 0 Å². The second-order valence-corrected chi connectivity index (χ2v) is 8.15. The molecule has 2 aromatic carbocycles. The average Bonchev–Trinajstić information content (AvgIpc) is 2.66. The summed E-state index contributed by atoms with van der Waals surface area (Å²) in [7, 11) is -4.61. The van der Waals surface area contributed by atoms with Crippen molar-refractivity contribution in [3.63, 3.8) is 0 Å². The number of aryl methyl sites for hydroxylation is 1. The van der Waals surface area contributed by atoms with Crippen LogP contribution in [0.3, 0.4) is 0 Å². The van der Waals surface area contributed by atoms with E-state index in [0.717, 1.165) is 35.9 Å². The fourth-order valence-corrected chi connectivity index (χ4v) is 3.54. The fraction of sp³-hybridized carbons (Fsp3) is 0.250. The monoisotopic (exact) mass is 408 g/mol. The third-order valence-electron chi connectivity index (χ3n) is 4.21. The van der Waals surface area contributed by atoms with Crippen LogP contribution in [0.4, 0.5) is 8.78 Å². The summed E-state index contributed by atoms with van der Waals surface area (Å²) < 4.78 is 58.9. The van der Waals surface area contributed by atoms with Gasteiger partial charge in [0.1, 0.15) is 17.9 Å². The van der Waals surface area contributed by atoms with Crippen molar-refractivity contribution < 1.29 is 26.4 Å². The number of sulfone groups is 1. The molecular weight excluding hydrogens is 390 g/mol. The van der Waals surface area contributed by atoms with Crippen LogP contribution in [0, 0.1) is 0 Å². The van der Waals surface area contributed by atoms with Crippen LogP contribution in [-0.4, -0.2) is 14.2 Å². The van der Waals surface area contributed by atoms with Crippen molar-refractivity contribution >= 4 is 20.8 Å². The third kappa shape index (κ3) is 4.22. The number of rotatable bonds is 7. The summed E-state index contributed by atoms with van der Waals surface area (Å²) in [5, 5.41) is 0.843. The zero-order valence-corrected chi connectivity index (χ0v) is 15.8. The van der Waals surface area contributed by atoms with Crippen LogP contribution >= 0.6 is 0 Å². The topological polar surface area (TPSA) is 73.6 Å². The van der Waals surface area contributed by atoms with Gasteiger partial charge in [0.25, 0.3) is 0 Å². The summed E-state index contributed by atoms with van der Waals surface area (Å²) >= 11 is 0. The number of ether oxygens (including phenoxy) is 1. The maximum Gasteiger partial charge on any atom is 0.341 e. The summed E-state index contributed by atoms with van der Waals surface area (Å²) in [4.78, 5) is 11.3. The van der Waals surface area contributed by atoms with E-state index in [9.17, 15) is 22.0 Å². The second kappa shape index (κ2) is 8.10. The van der Waals surface area contributed by atoms with Gasteiger partial charge < -0.3 is 9.15 Å². The number of halogens is 2. The van der Waals surface area contributed by atoms with Crippen molar-refractivity contribution in [2.24, 2.45) is 0 Å². The van der Waals surface area contributed by atoms with Gasteiger partial charge >= 0.3 is 11.4 Å². The first-order chi connectivity index (χ1) is 13.3. The Balaban J connectivity index is 1.78. The van der Waals surface area contributed by atoms with Crippen LogP contribution in [0.1, 0.15) is 24.5 Å². The van der Waals surface area contributed by atoms with E-state index in [1.807, 2.05) is 13.0 Å². The van der Waals surface area contributed by atoms with Crippen molar-refractivity contribution in [3.05, 3.63) is 70.1 Å². The molecule has 3 aromatic rings. The summed E-state index contributed by atoms with van der Waals surface area (Å²) in [5.74, 6) is -2.99. The predicted octanol–water partition coefficient (Wildman–Crippen LogP) is 4.32. The van der Waals surface area contributed by atoms with Gasteiger partial charge in [-0.2, -0.15) is 8.78 Å². The molecule has 8 heteroatoms. The molecule has 0 atom stereocenters. The molecule has 0 fully saturated rings. The molecule has 3 rings (SSSR count). The lowest BCUT2D eigenvalue weighted by atomic mass is 10.1. The molecule has 0 unspecified atom stereocenters. The lowest BCUT2D eigenvalue weighted by Crippen LogP contribution is -2.11. The molecule has 0 saturated carbocycles. The first kappa shape index (κ1) is 20.0. The fourth-order valence-electron chi connectivity index (χ4n) is 2.82. The smallest absolute Gasteiger partial charge is 0.341 e. The Morgan fingerprint density at radius 2 is 1.79 bits per heavy atom. The van der Waals surface area contributed by atoms with Crippen LogP contribution in [-0.2, 0) is 22.9 Å². The summed E-state index contributed by atoms with van der Waals surface area (Å²) in [6, 6.07) is 11.7. The van der Waals surface area contributed by atoms with Crippen LogP contribution in [0.15, 0.2) is 62.6 Å². The normalized spacial score (nSPS) is 11.9. The molecule has 0 amide bonds. The molecular formula is C20H18F2O5S. The molecule has 0 radical (unpaired) electrons. The molecule has 0 bridgehead atoms. The zero-order chi connectivity index (χ0) is 20.3. The molecule has 5 nitrogen and oxygen atoms in total. The summed E-state index contributed by atoms with van der Waals surface area (Å²) in [5.41, 5.74) is 1.52. The van der Waals surface area contributed by atoms with Gasteiger partial charge in [0, 0.05) is 17.5 Å². The lowest BCUT2D eigenvalue weighted by Gasteiger charge is -2.09. The maximum atomic E-state index is 12.6. The molecule has 1 heterocycles. The largest absolute Gasteiger partial charge is 0.489 e. The number of benzene rings is 2. The van der Waals surface area contributed by atoms with Gasteiger partial charge in [-0.25, -0.2) is 13.2 Å². The molecule has 0 aliphatic heterocycles. The first-order valence-electron chi connectivity index (χ1n) is 8.62. The van der Waals surface area contributed by atoms with Crippen LogP contribution in [0.5, 0.6) is 5.75 Å². The SMILES string of the molecule is CCCc1cc(=O)oc2cc(OCc3ccc(S(=O)(=O)C(F)F)cc3)ccc12. The third-order valence-corrected chi connectivity index (χ3v) is 5.61. The molecule has 1 aromatic heterocycles. The van der Waals surface area contributed by atoms with Gasteiger partial charge in [0.05, 0.1) is 4.90 Å². The van der Waals surface area contributed by atoms with Gasteiger partial charge in [-0.05, 0) is 41.8 Å². The molecule has 0 aliphatic rings. The summed E-state index contributed by atoms with van der Waals surface area (Å²) in [6.07, 6.45) is 1.66. The Bertz CT molecular complexity index is 1140. The molecule has 0 saturated heterocycles. The van der Waals surface area contributed by atoms with Crippen LogP contribution in [0.2, 0.25) is 0 Å². The van der Waals surface area contributed by atoms with Gasteiger partial charge in [-0.3, -0.25) is 0 Å². The second-order valence-electron chi connectivity index (χ2n) is 6.24. The highest BCUT2D eigenvalue weighted by Crippen LogP contribution is 2.24. The molecule has 28 heavy (non-hydrogen) atoms. The Kier molecular flexibility index (Phi) is 5.79. The minimum Gasteiger partial charge on any atom is -0.489 e. The number of fused-ring (bicyclic) bond motifs is 1. The van der Waals surface area contributed by atoms with Gasteiger partial charge in [0.15, 0.2) is 0 Å². The van der Waals surface area contributed by atoms with Crippen LogP contribution < -0.4 is 10.4 Å². The van der Waals surface area contributed by atoms with Crippen molar-refractivity contribution in [2.45, 2.75) is 37.0 Å². The highest BCUT2D eigenvalue weighted by Gasteiger charge is 2.26. The Labute approximate surface area is 160 Å². The average molecular weight is 408 g/mol.